The summed E-state index contributed by atoms with van der Waals surface area (Å²) in [5, 5.41) is 0.445. The number of nitrogens with zero attached hydrogens (tertiary/aromatic N) is 2. The molecule has 3 aromatic rings. The van der Waals surface area contributed by atoms with Crippen LogP contribution in [0.2, 0.25) is 5.15 Å². The number of rotatable bonds is 4. The van der Waals surface area contributed by atoms with Crippen LogP contribution in [0.3, 0.4) is 0 Å². The number of alkyl halides is 6. The van der Waals surface area contributed by atoms with Crippen molar-refractivity contribution in [2.24, 2.45) is 0 Å². The zero-order valence-electron chi connectivity index (χ0n) is 15.9. The molecule has 0 spiro atoms. The van der Waals surface area contributed by atoms with Crippen LogP contribution in [0.1, 0.15) is 22.5 Å². The zero-order chi connectivity index (χ0) is 23.0. The number of hydrogen-bond acceptors (Lipinski definition) is 4. The number of methoxy groups -OCH3 is 2. The molecule has 0 N–H and O–H groups in total. The normalized spacial score (nSPS) is 12.5. The topological polar surface area (TPSA) is 44.2 Å². The van der Waals surface area contributed by atoms with Crippen molar-refractivity contribution in [3.05, 3.63) is 58.0 Å². The lowest BCUT2D eigenvalue weighted by molar-refractivity contribution is -0.143. The van der Waals surface area contributed by atoms with Crippen molar-refractivity contribution in [2.75, 3.05) is 14.2 Å². The number of hydrogen-bond donors (Lipinski definition) is 0. The van der Waals surface area contributed by atoms with E-state index in [0.717, 1.165) is 12.2 Å². The lowest BCUT2D eigenvalue weighted by Crippen LogP contribution is -2.11. The van der Waals surface area contributed by atoms with Crippen molar-refractivity contribution in [2.45, 2.75) is 12.4 Å². The van der Waals surface area contributed by atoms with E-state index in [1.807, 2.05) is 0 Å². The largest absolute Gasteiger partial charge is 0.493 e. The van der Waals surface area contributed by atoms with Gasteiger partial charge in [-0.05, 0) is 35.9 Å². The van der Waals surface area contributed by atoms with E-state index >= 15 is 0 Å². The average molecular weight is 463 g/mol. The Morgan fingerprint density at radius 1 is 0.774 bits per heavy atom. The summed E-state index contributed by atoms with van der Waals surface area (Å²) in [6, 6.07) is 4.32. The van der Waals surface area contributed by atoms with Crippen LogP contribution in [0.5, 0.6) is 11.5 Å². The highest BCUT2D eigenvalue weighted by atomic mass is 35.5. The molecule has 1 aromatic heterocycles. The maximum absolute atomic E-state index is 13.0. The maximum Gasteiger partial charge on any atom is 0.416 e. The molecule has 0 atom stereocenters. The quantitative estimate of drug-likeness (QED) is 0.327. The molecule has 4 nitrogen and oxygen atoms in total. The predicted octanol–water partition coefficient (Wildman–Crippen LogP) is 6.51. The first-order chi connectivity index (χ1) is 14.4. The van der Waals surface area contributed by atoms with E-state index in [4.69, 9.17) is 21.1 Å². The van der Waals surface area contributed by atoms with E-state index in [1.54, 1.807) is 6.07 Å². The molecule has 3 rings (SSSR count). The van der Waals surface area contributed by atoms with Gasteiger partial charge < -0.3 is 9.47 Å². The van der Waals surface area contributed by atoms with Crippen molar-refractivity contribution < 1.29 is 35.8 Å². The van der Waals surface area contributed by atoms with Crippen LogP contribution in [-0.2, 0) is 12.4 Å². The van der Waals surface area contributed by atoms with Gasteiger partial charge in [-0.15, -0.1) is 0 Å². The molecule has 0 fully saturated rings. The molecule has 0 bridgehead atoms. The fourth-order valence-electron chi connectivity index (χ4n) is 2.76. The summed E-state index contributed by atoms with van der Waals surface area (Å²) in [5.74, 6) is 0.718. The van der Waals surface area contributed by atoms with Gasteiger partial charge in [-0.1, -0.05) is 17.7 Å². The van der Waals surface area contributed by atoms with Gasteiger partial charge in [-0.2, -0.15) is 26.3 Å². The predicted molar refractivity (Wildman–Crippen MR) is 103 cm³/mol. The first kappa shape index (κ1) is 22.7. The second kappa shape index (κ2) is 8.26. The fraction of sp³-hybridized carbons (Fsp3) is 0.200. The summed E-state index contributed by atoms with van der Waals surface area (Å²) >= 11 is 6.16. The van der Waals surface area contributed by atoms with E-state index in [9.17, 15) is 26.3 Å². The summed E-state index contributed by atoms with van der Waals surface area (Å²) in [5.41, 5.74) is -2.82. The number of aromatic nitrogens is 2. The summed E-state index contributed by atoms with van der Waals surface area (Å²) in [4.78, 5) is 8.23. The number of benzene rings is 2. The minimum atomic E-state index is -4.94. The van der Waals surface area contributed by atoms with Crippen molar-refractivity contribution in [3.63, 3.8) is 0 Å². The van der Waals surface area contributed by atoms with E-state index in [0.29, 0.717) is 34.5 Å². The van der Waals surface area contributed by atoms with Crippen LogP contribution in [0.15, 0.2) is 30.3 Å². The highest BCUT2D eigenvalue weighted by Gasteiger charge is 2.36. The Labute approximate surface area is 177 Å². The van der Waals surface area contributed by atoms with Gasteiger partial charge in [0, 0.05) is 11.5 Å². The number of halogens is 7. The standard InChI is InChI=1S/C20H13ClF6N2O2/c1-30-15-8-13-14(9-16(15)31-2)28-17(29-18(13)21)4-3-10-5-11(19(22,23)24)7-12(6-10)20(25,26)27/h3-9H,1-2H3/b4-3+. The molecular formula is C20H13ClF6N2O2. The van der Waals surface area contributed by atoms with Crippen LogP contribution >= 0.6 is 11.6 Å². The molecule has 0 aliphatic carbocycles. The van der Waals surface area contributed by atoms with Crippen molar-refractivity contribution >= 4 is 34.7 Å². The summed E-state index contributed by atoms with van der Waals surface area (Å²) in [7, 11) is 2.85. The van der Waals surface area contributed by atoms with Crippen molar-refractivity contribution in [3.8, 4) is 11.5 Å². The molecule has 0 unspecified atom stereocenters. The third-order valence-corrected chi connectivity index (χ3v) is 4.49. The van der Waals surface area contributed by atoms with Crippen LogP contribution < -0.4 is 9.47 Å². The number of fused-ring (bicyclic) bond motifs is 1. The van der Waals surface area contributed by atoms with Gasteiger partial charge >= 0.3 is 12.4 Å². The Hall–Kier alpha value is -3.01. The molecule has 31 heavy (non-hydrogen) atoms. The van der Waals surface area contributed by atoms with Gasteiger partial charge in [0.25, 0.3) is 0 Å². The molecule has 0 aliphatic heterocycles. The Balaban J connectivity index is 2.07. The Morgan fingerprint density at radius 2 is 1.32 bits per heavy atom. The molecule has 0 saturated heterocycles. The van der Waals surface area contributed by atoms with E-state index in [1.165, 1.54) is 20.3 Å². The van der Waals surface area contributed by atoms with Crippen LogP contribution in [-0.4, -0.2) is 24.2 Å². The minimum absolute atomic E-state index is 0.0179. The van der Waals surface area contributed by atoms with Gasteiger partial charge in [-0.25, -0.2) is 9.97 Å². The highest BCUT2D eigenvalue weighted by Crippen LogP contribution is 2.37. The minimum Gasteiger partial charge on any atom is -0.493 e. The zero-order valence-corrected chi connectivity index (χ0v) is 16.7. The average Bonchev–Trinajstić information content (AvgIpc) is 2.69. The summed E-state index contributed by atoms with van der Waals surface area (Å²) in [6.45, 7) is 0. The third-order valence-electron chi connectivity index (χ3n) is 4.21. The van der Waals surface area contributed by atoms with Crippen LogP contribution in [0.4, 0.5) is 26.3 Å². The van der Waals surface area contributed by atoms with Gasteiger partial charge in [0.05, 0.1) is 30.9 Å². The monoisotopic (exact) mass is 462 g/mol. The molecule has 0 amide bonds. The lowest BCUT2D eigenvalue weighted by atomic mass is 10.0. The Morgan fingerprint density at radius 3 is 1.84 bits per heavy atom. The molecule has 2 aromatic carbocycles. The molecule has 0 radical (unpaired) electrons. The fourth-order valence-corrected chi connectivity index (χ4v) is 2.99. The second-order valence-electron chi connectivity index (χ2n) is 6.27. The van der Waals surface area contributed by atoms with E-state index in [-0.39, 0.29) is 22.6 Å². The van der Waals surface area contributed by atoms with Gasteiger partial charge in [0.15, 0.2) is 17.3 Å². The van der Waals surface area contributed by atoms with Crippen LogP contribution in [0, 0.1) is 0 Å². The molecule has 0 aliphatic rings. The third kappa shape index (κ3) is 5.01. The van der Waals surface area contributed by atoms with Gasteiger partial charge in [0.1, 0.15) is 5.15 Å². The maximum atomic E-state index is 13.0. The second-order valence-corrected chi connectivity index (χ2v) is 6.63. The van der Waals surface area contributed by atoms with Crippen molar-refractivity contribution in [1.29, 1.82) is 0 Å². The van der Waals surface area contributed by atoms with Crippen LogP contribution in [0.25, 0.3) is 23.1 Å². The molecule has 11 heteroatoms. The van der Waals surface area contributed by atoms with Gasteiger partial charge in [-0.3, -0.25) is 0 Å². The lowest BCUT2D eigenvalue weighted by Gasteiger charge is -2.13. The van der Waals surface area contributed by atoms with Crippen molar-refractivity contribution in [1.82, 2.24) is 9.97 Å². The molecule has 1 heterocycles. The molecule has 164 valence electrons. The molecule has 0 saturated carbocycles. The summed E-state index contributed by atoms with van der Waals surface area (Å²) < 4.78 is 88.4. The first-order valence-electron chi connectivity index (χ1n) is 8.49. The SMILES string of the molecule is COc1cc2nc(/C=C/c3cc(C(F)(F)F)cc(C(F)(F)F)c3)nc(Cl)c2cc1OC. The first-order valence-corrected chi connectivity index (χ1v) is 8.87. The number of ether oxygens (including phenoxy) is 2. The highest BCUT2D eigenvalue weighted by molar-refractivity contribution is 6.34. The molecular weight excluding hydrogens is 450 g/mol. The van der Waals surface area contributed by atoms with Gasteiger partial charge in [0.2, 0.25) is 0 Å². The van der Waals surface area contributed by atoms with E-state index < -0.39 is 23.5 Å². The van der Waals surface area contributed by atoms with E-state index in [2.05, 4.69) is 9.97 Å². The Kier molecular flexibility index (Phi) is 6.04. The Bertz CT molecular complexity index is 1130. The summed E-state index contributed by atoms with van der Waals surface area (Å²) in [6.07, 6.45) is -7.68. The smallest absolute Gasteiger partial charge is 0.416 e.